The van der Waals surface area contributed by atoms with Crippen molar-refractivity contribution in [1.29, 1.82) is 5.41 Å². The van der Waals surface area contributed by atoms with Gasteiger partial charge in [0.15, 0.2) is 0 Å². The Morgan fingerprint density at radius 2 is 2.04 bits per heavy atom. The summed E-state index contributed by atoms with van der Waals surface area (Å²) in [6.07, 6.45) is 1.92. The highest BCUT2D eigenvalue weighted by Crippen LogP contribution is 2.29. The van der Waals surface area contributed by atoms with Gasteiger partial charge in [-0.15, -0.1) is 0 Å². The Morgan fingerprint density at radius 1 is 1.26 bits per heavy atom. The smallest absolute Gasteiger partial charge is 0.223 e. The van der Waals surface area contributed by atoms with Gasteiger partial charge < -0.3 is 11.1 Å². The van der Waals surface area contributed by atoms with Crippen molar-refractivity contribution in [2.24, 2.45) is 5.92 Å². The van der Waals surface area contributed by atoms with Gasteiger partial charge in [0.1, 0.15) is 5.82 Å². The summed E-state index contributed by atoms with van der Waals surface area (Å²) in [5.41, 5.74) is 8.45. The maximum atomic E-state index is 13.3. The first-order valence-corrected chi connectivity index (χ1v) is 7.55. The third kappa shape index (κ3) is 3.56. The topological polar surface area (TPSA) is 79.0 Å². The second-order valence-electron chi connectivity index (χ2n) is 5.80. The number of carbonyl (C=O) groups excluding carboxylic acids is 1. The molecule has 1 amide bonds. The summed E-state index contributed by atoms with van der Waals surface area (Å²) in [5, 5.41) is 11.2. The summed E-state index contributed by atoms with van der Waals surface area (Å²) in [4.78, 5) is 11.7. The van der Waals surface area contributed by atoms with E-state index in [2.05, 4.69) is 5.32 Å². The third-order valence-electron chi connectivity index (χ3n) is 3.92. The van der Waals surface area contributed by atoms with Gasteiger partial charge in [0.25, 0.3) is 0 Å². The Morgan fingerprint density at radius 3 is 2.74 bits per heavy atom. The molecule has 0 saturated heterocycles. The molecule has 23 heavy (non-hydrogen) atoms. The highest BCUT2D eigenvalue weighted by Gasteiger charge is 2.29. The zero-order valence-corrected chi connectivity index (χ0v) is 12.6. The molecule has 4 nitrogen and oxygen atoms in total. The van der Waals surface area contributed by atoms with Gasteiger partial charge in [0.2, 0.25) is 5.91 Å². The number of hydrogen-bond donors (Lipinski definition) is 3. The van der Waals surface area contributed by atoms with Crippen molar-refractivity contribution >= 4 is 17.3 Å². The first kappa shape index (κ1) is 15.2. The fourth-order valence-corrected chi connectivity index (χ4v) is 2.41. The Kier molecular flexibility index (Phi) is 4.10. The van der Waals surface area contributed by atoms with E-state index in [1.807, 2.05) is 6.07 Å². The number of nitrogens with two attached hydrogens (primary N) is 1. The summed E-state index contributed by atoms with van der Waals surface area (Å²) in [6.45, 7) is 0.402. The Hall–Kier alpha value is -2.69. The lowest BCUT2D eigenvalue weighted by molar-refractivity contribution is -0.122. The summed E-state index contributed by atoms with van der Waals surface area (Å²) in [5.74, 6) is -0.156. The average molecular weight is 311 g/mol. The van der Waals surface area contributed by atoms with Crippen LogP contribution in [-0.4, -0.2) is 11.6 Å². The van der Waals surface area contributed by atoms with Crippen molar-refractivity contribution in [1.82, 2.24) is 5.32 Å². The summed E-state index contributed by atoms with van der Waals surface area (Å²) >= 11 is 0. The highest BCUT2D eigenvalue weighted by atomic mass is 19.1. The molecule has 0 unspecified atom stereocenters. The van der Waals surface area contributed by atoms with Crippen LogP contribution in [0.3, 0.4) is 0 Å². The standard InChI is InChI=1S/C18H18FN3O/c19-14-3-1-2-13(9-14)17(21)15-8-11(4-7-16(15)20)10-22-18(23)12-5-6-12/h1-4,7-9,12,21H,5-6,10,20H2,(H,22,23). The minimum absolute atomic E-state index is 0.0728. The average Bonchev–Trinajstić information content (AvgIpc) is 3.38. The van der Waals surface area contributed by atoms with Crippen LogP contribution in [-0.2, 0) is 11.3 Å². The van der Waals surface area contributed by atoms with E-state index in [0.717, 1.165) is 18.4 Å². The predicted molar refractivity (Wildman–Crippen MR) is 87.8 cm³/mol. The van der Waals surface area contributed by atoms with Crippen molar-refractivity contribution in [3.63, 3.8) is 0 Å². The molecular weight excluding hydrogens is 293 g/mol. The fourth-order valence-electron chi connectivity index (χ4n) is 2.41. The summed E-state index contributed by atoms with van der Waals surface area (Å²) < 4.78 is 13.3. The van der Waals surface area contributed by atoms with Crippen LogP contribution < -0.4 is 11.1 Å². The van der Waals surface area contributed by atoms with Crippen molar-refractivity contribution in [3.8, 4) is 0 Å². The number of nitrogen functional groups attached to an aromatic ring is 1. The van der Waals surface area contributed by atoms with Crippen LogP contribution >= 0.6 is 0 Å². The van der Waals surface area contributed by atoms with E-state index in [9.17, 15) is 9.18 Å². The summed E-state index contributed by atoms with van der Waals surface area (Å²) in [6, 6.07) is 11.2. The van der Waals surface area contributed by atoms with Crippen molar-refractivity contribution in [3.05, 3.63) is 65.0 Å². The Balaban J connectivity index is 1.79. The first-order chi connectivity index (χ1) is 11.0. The zero-order valence-electron chi connectivity index (χ0n) is 12.6. The third-order valence-corrected chi connectivity index (χ3v) is 3.92. The van der Waals surface area contributed by atoms with E-state index in [1.54, 1.807) is 24.3 Å². The lowest BCUT2D eigenvalue weighted by atomic mass is 9.98. The van der Waals surface area contributed by atoms with E-state index in [4.69, 9.17) is 11.1 Å². The Labute approximate surface area is 134 Å². The van der Waals surface area contributed by atoms with Crippen molar-refractivity contribution in [2.75, 3.05) is 5.73 Å². The molecule has 118 valence electrons. The molecule has 3 rings (SSSR count). The molecule has 0 aromatic heterocycles. The first-order valence-electron chi connectivity index (χ1n) is 7.55. The largest absolute Gasteiger partial charge is 0.398 e. The molecule has 1 aliphatic carbocycles. The SMILES string of the molecule is N=C(c1cccc(F)c1)c1cc(CNC(=O)C2CC2)ccc1N. The van der Waals surface area contributed by atoms with Crippen molar-refractivity contribution < 1.29 is 9.18 Å². The number of hydrogen-bond acceptors (Lipinski definition) is 3. The summed E-state index contributed by atoms with van der Waals surface area (Å²) in [7, 11) is 0. The van der Waals surface area contributed by atoms with E-state index in [-0.39, 0.29) is 17.5 Å². The second kappa shape index (κ2) is 6.20. The molecule has 2 aromatic carbocycles. The zero-order chi connectivity index (χ0) is 16.4. The predicted octanol–water partition coefficient (Wildman–Crippen LogP) is 2.85. The van der Waals surface area contributed by atoms with Crippen LogP contribution in [0.25, 0.3) is 0 Å². The van der Waals surface area contributed by atoms with Gasteiger partial charge in [-0.25, -0.2) is 4.39 Å². The normalized spacial score (nSPS) is 13.6. The molecule has 1 aliphatic rings. The van der Waals surface area contributed by atoms with Gasteiger partial charge in [0.05, 0.1) is 5.71 Å². The van der Waals surface area contributed by atoms with E-state index in [0.29, 0.717) is 23.4 Å². The van der Waals surface area contributed by atoms with E-state index < -0.39 is 5.82 Å². The lowest BCUT2D eigenvalue weighted by Gasteiger charge is -2.11. The molecule has 0 radical (unpaired) electrons. The lowest BCUT2D eigenvalue weighted by Crippen LogP contribution is -2.24. The van der Waals surface area contributed by atoms with Crippen LogP contribution in [0.5, 0.6) is 0 Å². The molecule has 0 atom stereocenters. The van der Waals surface area contributed by atoms with Crippen LogP contribution in [0.1, 0.15) is 29.5 Å². The van der Waals surface area contributed by atoms with Gasteiger partial charge in [-0.05, 0) is 42.7 Å². The van der Waals surface area contributed by atoms with E-state index in [1.165, 1.54) is 12.1 Å². The second-order valence-corrected chi connectivity index (χ2v) is 5.80. The minimum atomic E-state index is -0.390. The number of carbonyl (C=O) groups is 1. The van der Waals surface area contributed by atoms with Gasteiger partial charge in [-0.1, -0.05) is 18.2 Å². The molecule has 0 bridgehead atoms. The van der Waals surface area contributed by atoms with Crippen molar-refractivity contribution in [2.45, 2.75) is 19.4 Å². The molecule has 1 saturated carbocycles. The van der Waals surface area contributed by atoms with Gasteiger partial charge in [0, 0.05) is 29.3 Å². The van der Waals surface area contributed by atoms with Crippen LogP contribution in [0.4, 0.5) is 10.1 Å². The van der Waals surface area contributed by atoms with Gasteiger partial charge in [-0.3, -0.25) is 10.2 Å². The number of benzene rings is 2. The Bertz CT molecular complexity index is 769. The van der Waals surface area contributed by atoms with Crippen LogP contribution in [0.2, 0.25) is 0 Å². The molecule has 5 heteroatoms. The molecule has 4 N–H and O–H groups in total. The molecule has 1 fully saturated rings. The number of anilines is 1. The minimum Gasteiger partial charge on any atom is -0.398 e. The molecule has 0 aliphatic heterocycles. The number of halogens is 1. The maximum Gasteiger partial charge on any atom is 0.223 e. The molecule has 0 spiro atoms. The fraction of sp³-hybridized carbons (Fsp3) is 0.222. The highest BCUT2D eigenvalue weighted by molar-refractivity contribution is 6.13. The quantitative estimate of drug-likeness (QED) is 0.586. The monoisotopic (exact) mass is 311 g/mol. The molecule has 0 heterocycles. The van der Waals surface area contributed by atoms with Gasteiger partial charge >= 0.3 is 0 Å². The molecule has 2 aromatic rings. The number of amides is 1. The van der Waals surface area contributed by atoms with Crippen LogP contribution in [0, 0.1) is 17.1 Å². The number of rotatable bonds is 5. The van der Waals surface area contributed by atoms with E-state index >= 15 is 0 Å². The van der Waals surface area contributed by atoms with Gasteiger partial charge in [-0.2, -0.15) is 0 Å². The number of nitrogens with one attached hydrogen (secondary N) is 2. The molecular formula is C18H18FN3O. The maximum absolute atomic E-state index is 13.3. The van der Waals surface area contributed by atoms with Crippen LogP contribution in [0.15, 0.2) is 42.5 Å².